The Balaban J connectivity index is 1.91. The first-order chi connectivity index (χ1) is 16.5. The van der Waals surface area contributed by atoms with Gasteiger partial charge in [0, 0.05) is 43.2 Å². The van der Waals surface area contributed by atoms with Crippen LogP contribution in [-0.2, 0) is 14.6 Å². The number of aryl methyl sites for hydroxylation is 1. The van der Waals surface area contributed by atoms with Gasteiger partial charge in [-0.1, -0.05) is 6.92 Å². The zero-order valence-corrected chi connectivity index (χ0v) is 20.3. The Morgan fingerprint density at radius 3 is 2.29 bits per heavy atom. The second kappa shape index (κ2) is 10.6. The number of anilines is 1. The number of carbonyl (C=O) groups is 2. The largest absolute Gasteiger partial charge is 0.465 e. The van der Waals surface area contributed by atoms with E-state index in [9.17, 15) is 18.0 Å². The predicted octanol–water partition coefficient (Wildman–Crippen LogP) is 3.93. The monoisotopic (exact) mass is 503 g/mol. The van der Waals surface area contributed by atoms with Crippen LogP contribution in [0.25, 0.3) is 0 Å². The van der Waals surface area contributed by atoms with Crippen molar-refractivity contribution >= 4 is 27.7 Å². The van der Waals surface area contributed by atoms with Crippen molar-refractivity contribution in [1.29, 1.82) is 0 Å². The third kappa shape index (κ3) is 6.58. The number of methoxy groups -OCH3 is 1. The highest BCUT2D eigenvalue weighted by molar-refractivity contribution is 7.90. The van der Waals surface area contributed by atoms with Gasteiger partial charge in [-0.2, -0.15) is 4.68 Å². The van der Waals surface area contributed by atoms with Crippen molar-refractivity contribution in [2.45, 2.75) is 31.5 Å². The van der Waals surface area contributed by atoms with E-state index in [4.69, 9.17) is 19.3 Å². The van der Waals surface area contributed by atoms with Crippen LogP contribution in [0.2, 0.25) is 0 Å². The molecule has 0 bridgehead atoms. The molecule has 1 unspecified atom stereocenters. The van der Waals surface area contributed by atoms with Crippen molar-refractivity contribution in [2.75, 3.05) is 18.7 Å². The summed E-state index contributed by atoms with van der Waals surface area (Å²) >= 11 is 0. The van der Waals surface area contributed by atoms with Gasteiger partial charge in [0.15, 0.2) is 21.9 Å². The Morgan fingerprint density at radius 2 is 1.74 bits per heavy atom. The summed E-state index contributed by atoms with van der Waals surface area (Å²) in [6, 6.07) is 11.7. The van der Waals surface area contributed by atoms with Crippen LogP contribution in [-0.4, -0.2) is 55.0 Å². The highest BCUT2D eigenvalue weighted by Crippen LogP contribution is 2.29. The van der Waals surface area contributed by atoms with Crippen molar-refractivity contribution in [3.8, 4) is 17.2 Å². The molecule has 1 aromatic heterocycles. The molecule has 35 heavy (non-hydrogen) atoms. The summed E-state index contributed by atoms with van der Waals surface area (Å²) in [5, 5.41) is 15.5. The lowest BCUT2D eigenvalue weighted by Crippen LogP contribution is -2.18. The number of benzene rings is 2. The Hall–Kier alpha value is -3.90. The fraction of sp³-hybridized carbons (Fsp3) is 0.261. The molecule has 1 atom stereocenters. The van der Waals surface area contributed by atoms with Crippen LogP contribution in [0.15, 0.2) is 53.4 Å². The van der Waals surface area contributed by atoms with Crippen molar-refractivity contribution < 1.29 is 37.3 Å². The maximum absolute atomic E-state index is 12.9. The number of carboxylic acid groups (broad SMARTS) is 1. The standard InChI is InChI=1S/C23H25N3O8S/c1-5-21(32-3)34-18-12-15(22(27)24-20-10-14(2)26(25-20)23(28)29)11-17(13-18)33-16-6-8-19(9-7-16)35(4,30)31/h6-13,21H,5H2,1-4H3,(H,28,29)(H,24,25,27). The summed E-state index contributed by atoms with van der Waals surface area (Å²) in [7, 11) is -1.87. The molecule has 2 aromatic carbocycles. The Morgan fingerprint density at radius 1 is 1.09 bits per heavy atom. The fourth-order valence-electron chi connectivity index (χ4n) is 3.09. The molecule has 0 aliphatic carbocycles. The van der Waals surface area contributed by atoms with Gasteiger partial charge in [-0.25, -0.2) is 13.2 Å². The molecule has 1 amide bonds. The highest BCUT2D eigenvalue weighted by Gasteiger charge is 2.17. The summed E-state index contributed by atoms with van der Waals surface area (Å²) in [6.07, 6.45) is -0.192. The summed E-state index contributed by atoms with van der Waals surface area (Å²) in [5.74, 6) is 0.367. The van der Waals surface area contributed by atoms with Gasteiger partial charge in [0.25, 0.3) is 5.91 Å². The van der Waals surface area contributed by atoms with Gasteiger partial charge in [0.1, 0.15) is 17.2 Å². The van der Waals surface area contributed by atoms with Crippen LogP contribution in [0.4, 0.5) is 10.6 Å². The van der Waals surface area contributed by atoms with E-state index in [1.54, 1.807) is 13.0 Å². The van der Waals surface area contributed by atoms with Gasteiger partial charge in [-0.3, -0.25) is 4.79 Å². The average Bonchev–Trinajstić information content (AvgIpc) is 3.17. The lowest BCUT2D eigenvalue weighted by molar-refractivity contribution is -0.0549. The zero-order chi connectivity index (χ0) is 25.8. The smallest absolute Gasteiger partial charge is 0.432 e. The second-order valence-electron chi connectivity index (χ2n) is 7.55. The van der Waals surface area contributed by atoms with Crippen molar-refractivity contribution in [3.05, 3.63) is 59.8 Å². The number of hydrogen-bond donors (Lipinski definition) is 2. The minimum Gasteiger partial charge on any atom is -0.465 e. The SMILES string of the molecule is CCC(OC)Oc1cc(Oc2ccc(S(C)(=O)=O)cc2)cc(C(=O)Nc2cc(C)n(C(=O)O)n2)c1. The molecule has 0 fully saturated rings. The van der Waals surface area contributed by atoms with Crippen LogP contribution >= 0.6 is 0 Å². The highest BCUT2D eigenvalue weighted by atomic mass is 32.2. The number of carbonyl (C=O) groups excluding carboxylic acids is 1. The molecule has 3 rings (SSSR count). The summed E-state index contributed by atoms with van der Waals surface area (Å²) in [6.45, 7) is 3.41. The molecule has 2 N–H and O–H groups in total. The first-order valence-electron chi connectivity index (χ1n) is 10.4. The molecular weight excluding hydrogens is 478 g/mol. The molecule has 0 aliphatic heterocycles. The average molecular weight is 504 g/mol. The van der Waals surface area contributed by atoms with Crippen molar-refractivity contribution in [2.24, 2.45) is 0 Å². The third-order valence-electron chi connectivity index (χ3n) is 4.80. The van der Waals surface area contributed by atoms with E-state index in [0.29, 0.717) is 23.6 Å². The van der Waals surface area contributed by atoms with Gasteiger partial charge in [-0.15, -0.1) is 5.10 Å². The van der Waals surface area contributed by atoms with E-state index in [0.717, 1.165) is 10.9 Å². The first kappa shape index (κ1) is 25.7. The molecule has 0 spiro atoms. The quantitative estimate of drug-likeness (QED) is 0.415. The first-order valence-corrected chi connectivity index (χ1v) is 12.3. The van der Waals surface area contributed by atoms with Gasteiger partial charge < -0.3 is 24.6 Å². The van der Waals surface area contributed by atoms with E-state index < -0.39 is 28.1 Å². The number of nitrogens with zero attached hydrogens (tertiary/aromatic N) is 2. The molecule has 0 radical (unpaired) electrons. The Kier molecular flexibility index (Phi) is 7.77. The summed E-state index contributed by atoms with van der Waals surface area (Å²) in [5.41, 5.74) is 0.482. The molecule has 0 aliphatic rings. The zero-order valence-electron chi connectivity index (χ0n) is 19.5. The summed E-state index contributed by atoms with van der Waals surface area (Å²) in [4.78, 5) is 24.3. The number of aromatic nitrogens is 2. The van der Waals surface area contributed by atoms with Crippen molar-refractivity contribution in [3.63, 3.8) is 0 Å². The van der Waals surface area contributed by atoms with E-state index in [1.807, 2.05) is 6.92 Å². The van der Waals surface area contributed by atoms with Gasteiger partial charge >= 0.3 is 6.09 Å². The predicted molar refractivity (Wildman–Crippen MR) is 126 cm³/mol. The fourth-order valence-corrected chi connectivity index (χ4v) is 3.72. The molecular formula is C23H25N3O8S. The second-order valence-corrected chi connectivity index (χ2v) is 9.57. The van der Waals surface area contributed by atoms with Crippen LogP contribution in [0.5, 0.6) is 17.2 Å². The number of amides is 1. The van der Waals surface area contributed by atoms with E-state index >= 15 is 0 Å². The number of ether oxygens (including phenoxy) is 3. The van der Waals surface area contributed by atoms with Crippen molar-refractivity contribution in [1.82, 2.24) is 9.78 Å². The van der Waals surface area contributed by atoms with E-state index in [-0.39, 0.29) is 22.0 Å². The number of rotatable bonds is 9. The lowest BCUT2D eigenvalue weighted by atomic mass is 10.2. The maximum atomic E-state index is 12.9. The molecule has 0 saturated carbocycles. The van der Waals surface area contributed by atoms with E-state index in [1.165, 1.54) is 49.6 Å². The maximum Gasteiger partial charge on any atom is 0.432 e. The van der Waals surface area contributed by atoms with Gasteiger partial charge in [-0.05, 0) is 43.3 Å². The minimum absolute atomic E-state index is 0.0587. The molecule has 11 nitrogen and oxygen atoms in total. The molecule has 3 aromatic rings. The molecule has 12 heteroatoms. The van der Waals surface area contributed by atoms with Crippen LogP contribution in [0.3, 0.4) is 0 Å². The van der Waals surface area contributed by atoms with Crippen LogP contribution in [0.1, 0.15) is 29.4 Å². The minimum atomic E-state index is -3.36. The lowest BCUT2D eigenvalue weighted by Gasteiger charge is -2.17. The van der Waals surface area contributed by atoms with Crippen LogP contribution < -0.4 is 14.8 Å². The number of hydrogen-bond acceptors (Lipinski definition) is 8. The van der Waals surface area contributed by atoms with Crippen LogP contribution in [0, 0.1) is 6.92 Å². The summed E-state index contributed by atoms with van der Waals surface area (Å²) < 4.78 is 41.0. The van der Waals surface area contributed by atoms with Gasteiger partial charge in [0.2, 0.25) is 0 Å². The normalized spacial score (nSPS) is 12.1. The third-order valence-corrected chi connectivity index (χ3v) is 5.93. The Labute approximate surface area is 202 Å². The Bertz CT molecular complexity index is 1330. The number of sulfone groups is 1. The molecule has 186 valence electrons. The number of nitrogens with one attached hydrogen (secondary N) is 1. The van der Waals surface area contributed by atoms with Gasteiger partial charge in [0.05, 0.1) is 4.90 Å². The van der Waals surface area contributed by atoms with E-state index in [2.05, 4.69) is 10.4 Å². The molecule has 0 saturated heterocycles. The topological polar surface area (TPSA) is 146 Å². The molecule has 1 heterocycles.